The number of rotatable bonds is 2. The number of hydrogen-bond donors (Lipinski definition) is 0. The lowest BCUT2D eigenvalue weighted by Gasteiger charge is -2.28. The third-order valence-corrected chi connectivity index (χ3v) is 4.25. The molecule has 18 heavy (non-hydrogen) atoms. The van der Waals surface area contributed by atoms with Gasteiger partial charge in [-0.15, -0.1) is 11.3 Å². The topological polar surface area (TPSA) is 46.1 Å². The second kappa shape index (κ2) is 4.49. The zero-order valence-electron chi connectivity index (χ0n) is 10.1. The smallest absolute Gasteiger partial charge is 0.160 e. The van der Waals surface area contributed by atoms with E-state index in [1.165, 1.54) is 16.8 Å². The summed E-state index contributed by atoms with van der Waals surface area (Å²) in [5, 5.41) is 1.98. The molecule has 0 aromatic carbocycles. The molecule has 0 bridgehead atoms. The molecule has 4 nitrogen and oxygen atoms in total. The Hall–Kier alpha value is -1.75. The quantitative estimate of drug-likeness (QED) is 0.776. The fraction of sp³-hybridized carbons (Fsp3) is 0.308. The molecule has 2 aromatic heterocycles. The normalized spacial score (nSPS) is 14.4. The highest BCUT2D eigenvalue weighted by Crippen LogP contribution is 2.30. The van der Waals surface area contributed by atoms with Crippen LogP contribution >= 0.6 is 11.3 Å². The summed E-state index contributed by atoms with van der Waals surface area (Å²) in [7, 11) is 0. The molecule has 0 fully saturated rings. The van der Waals surface area contributed by atoms with Gasteiger partial charge in [0.05, 0.1) is 24.6 Å². The Bertz CT molecular complexity index is 579. The summed E-state index contributed by atoms with van der Waals surface area (Å²) >= 11 is 1.68. The van der Waals surface area contributed by atoms with Crippen LogP contribution in [-0.2, 0) is 13.0 Å². The second-order valence-electron chi connectivity index (χ2n) is 4.38. The van der Waals surface area contributed by atoms with Gasteiger partial charge in [0.15, 0.2) is 5.78 Å². The van der Waals surface area contributed by atoms with Gasteiger partial charge in [0.2, 0.25) is 0 Å². The fourth-order valence-corrected chi connectivity index (χ4v) is 3.45. The molecule has 3 heterocycles. The number of ketones is 1. The highest BCUT2D eigenvalue weighted by atomic mass is 32.1. The van der Waals surface area contributed by atoms with Gasteiger partial charge in [-0.2, -0.15) is 0 Å². The first-order valence-corrected chi connectivity index (χ1v) is 6.74. The van der Waals surface area contributed by atoms with Crippen molar-refractivity contribution in [3.05, 3.63) is 40.1 Å². The van der Waals surface area contributed by atoms with Crippen molar-refractivity contribution in [1.29, 1.82) is 0 Å². The van der Waals surface area contributed by atoms with Crippen molar-refractivity contribution < 1.29 is 4.79 Å². The Morgan fingerprint density at radius 3 is 2.89 bits per heavy atom. The van der Waals surface area contributed by atoms with E-state index >= 15 is 0 Å². The maximum atomic E-state index is 11.5. The van der Waals surface area contributed by atoms with Crippen molar-refractivity contribution >= 4 is 22.8 Å². The van der Waals surface area contributed by atoms with Gasteiger partial charge in [-0.1, -0.05) is 0 Å². The van der Waals surface area contributed by atoms with Crippen molar-refractivity contribution in [1.82, 2.24) is 9.97 Å². The molecule has 5 heteroatoms. The van der Waals surface area contributed by atoms with Crippen LogP contribution < -0.4 is 4.90 Å². The maximum Gasteiger partial charge on any atom is 0.160 e. The molecule has 0 amide bonds. The Balaban J connectivity index is 1.89. The lowest BCUT2D eigenvalue weighted by atomic mass is 10.0. The van der Waals surface area contributed by atoms with E-state index in [1.54, 1.807) is 18.3 Å². The van der Waals surface area contributed by atoms with Gasteiger partial charge in [-0.05, 0) is 18.9 Å². The Labute approximate surface area is 109 Å². The number of thiophene rings is 1. The van der Waals surface area contributed by atoms with Crippen LogP contribution in [0.4, 0.5) is 5.69 Å². The van der Waals surface area contributed by atoms with Gasteiger partial charge in [0.25, 0.3) is 0 Å². The van der Waals surface area contributed by atoms with Gasteiger partial charge >= 0.3 is 0 Å². The van der Waals surface area contributed by atoms with Crippen LogP contribution in [0.25, 0.3) is 0 Å². The number of Topliss-reactive ketones (excluding diaryl/α,β-unsaturated/α-hetero) is 1. The zero-order chi connectivity index (χ0) is 12.5. The molecule has 92 valence electrons. The molecular formula is C13H13N3OS. The summed E-state index contributed by atoms with van der Waals surface area (Å²) in [5.74, 6) is 0.170. The summed E-state index contributed by atoms with van der Waals surface area (Å²) in [4.78, 5) is 23.1. The molecule has 0 N–H and O–H groups in total. The van der Waals surface area contributed by atoms with Crippen LogP contribution in [-0.4, -0.2) is 22.3 Å². The third kappa shape index (κ3) is 1.90. The first-order valence-electron chi connectivity index (χ1n) is 5.86. The lowest BCUT2D eigenvalue weighted by molar-refractivity contribution is 0.101. The number of anilines is 1. The van der Waals surface area contributed by atoms with Crippen LogP contribution in [0.15, 0.2) is 24.1 Å². The Morgan fingerprint density at radius 2 is 2.17 bits per heavy atom. The summed E-state index contributed by atoms with van der Waals surface area (Å²) in [6, 6.07) is 0. The summed E-state index contributed by atoms with van der Waals surface area (Å²) in [6.45, 7) is 3.40. The van der Waals surface area contributed by atoms with Crippen molar-refractivity contribution in [2.45, 2.75) is 19.9 Å². The molecule has 1 aliphatic heterocycles. The van der Waals surface area contributed by atoms with E-state index in [-0.39, 0.29) is 5.78 Å². The standard InChI is InChI=1S/C13H13N3OS/c1-9(17)12-7-18-13-6-16(3-2-11(12)13)10-4-14-8-15-5-10/h4-5,7-8H,2-3,6H2,1H3. The van der Waals surface area contributed by atoms with Crippen molar-refractivity contribution in [3.63, 3.8) is 0 Å². The second-order valence-corrected chi connectivity index (χ2v) is 5.34. The molecule has 2 aromatic rings. The molecule has 1 aliphatic rings. The lowest BCUT2D eigenvalue weighted by Crippen LogP contribution is -2.30. The molecule has 0 atom stereocenters. The molecule has 0 radical (unpaired) electrons. The molecule has 0 aliphatic carbocycles. The molecule has 0 saturated carbocycles. The Morgan fingerprint density at radius 1 is 1.39 bits per heavy atom. The number of carbonyl (C=O) groups is 1. The van der Waals surface area contributed by atoms with Gasteiger partial charge in [0, 0.05) is 22.4 Å². The fourth-order valence-electron chi connectivity index (χ4n) is 2.30. The number of nitrogens with zero attached hydrogens (tertiary/aromatic N) is 3. The minimum Gasteiger partial charge on any atom is -0.364 e. The van der Waals surface area contributed by atoms with Crippen LogP contribution in [0.5, 0.6) is 0 Å². The predicted octanol–water partition coefficient (Wildman–Crippen LogP) is 2.30. The molecular weight excluding hydrogens is 246 g/mol. The van der Waals surface area contributed by atoms with Crippen molar-refractivity contribution in [3.8, 4) is 0 Å². The van der Waals surface area contributed by atoms with E-state index in [1.807, 2.05) is 17.8 Å². The van der Waals surface area contributed by atoms with E-state index in [2.05, 4.69) is 14.9 Å². The molecule has 3 rings (SSSR count). The van der Waals surface area contributed by atoms with E-state index in [9.17, 15) is 4.79 Å². The van der Waals surface area contributed by atoms with Gasteiger partial charge in [-0.25, -0.2) is 9.97 Å². The molecule has 0 saturated heterocycles. The van der Waals surface area contributed by atoms with Crippen LogP contribution in [0, 0.1) is 0 Å². The Kier molecular flexibility index (Phi) is 2.83. The maximum absolute atomic E-state index is 11.5. The number of fused-ring (bicyclic) bond motifs is 1. The third-order valence-electron chi connectivity index (χ3n) is 3.24. The van der Waals surface area contributed by atoms with E-state index in [0.717, 1.165) is 30.8 Å². The van der Waals surface area contributed by atoms with Gasteiger partial charge in [-0.3, -0.25) is 4.79 Å². The van der Waals surface area contributed by atoms with Crippen molar-refractivity contribution in [2.75, 3.05) is 11.4 Å². The van der Waals surface area contributed by atoms with Gasteiger partial charge < -0.3 is 4.90 Å². The van der Waals surface area contributed by atoms with E-state index < -0.39 is 0 Å². The minimum atomic E-state index is 0.170. The monoisotopic (exact) mass is 259 g/mol. The highest BCUT2D eigenvalue weighted by molar-refractivity contribution is 7.10. The largest absolute Gasteiger partial charge is 0.364 e. The van der Waals surface area contributed by atoms with Crippen molar-refractivity contribution in [2.24, 2.45) is 0 Å². The van der Waals surface area contributed by atoms with Crippen LogP contribution in [0.1, 0.15) is 27.7 Å². The number of aromatic nitrogens is 2. The first-order chi connectivity index (χ1) is 8.75. The number of hydrogen-bond acceptors (Lipinski definition) is 5. The minimum absolute atomic E-state index is 0.170. The molecule has 0 unspecified atom stereocenters. The summed E-state index contributed by atoms with van der Waals surface area (Å²) < 4.78 is 0. The van der Waals surface area contributed by atoms with Crippen LogP contribution in [0.3, 0.4) is 0 Å². The average molecular weight is 259 g/mol. The molecule has 0 spiro atoms. The SMILES string of the molecule is CC(=O)c1csc2c1CCN(c1cncnc1)C2. The predicted molar refractivity (Wildman–Crippen MR) is 71.1 cm³/mol. The first kappa shape index (κ1) is 11.3. The van der Waals surface area contributed by atoms with E-state index in [4.69, 9.17) is 0 Å². The zero-order valence-corrected chi connectivity index (χ0v) is 10.9. The van der Waals surface area contributed by atoms with E-state index in [0.29, 0.717) is 0 Å². The summed E-state index contributed by atoms with van der Waals surface area (Å²) in [5.41, 5.74) is 3.18. The van der Waals surface area contributed by atoms with Gasteiger partial charge in [0.1, 0.15) is 6.33 Å². The number of carbonyl (C=O) groups excluding carboxylic acids is 1. The average Bonchev–Trinajstić information content (AvgIpc) is 2.82. The highest BCUT2D eigenvalue weighted by Gasteiger charge is 2.22. The summed E-state index contributed by atoms with van der Waals surface area (Å²) in [6.07, 6.45) is 6.12. The van der Waals surface area contributed by atoms with Crippen LogP contribution in [0.2, 0.25) is 0 Å².